The Bertz CT molecular complexity index is 368. The maximum Gasteiger partial charge on any atom is 0.149 e. The van der Waals surface area contributed by atoms with E-state index in [9.17, 15) is 8.78 Å². The molecule has 0 unspecified atom stereocenters. The third kappa shape index (κ3) is 3.42. The summed E-state index contributed by atoms with van der Waals surface area (Å²) in [5.41, 5.74) is 6.08. The molecule has 0 amide bonds. The fraction of sp³-hybridized carbons (Fsp3) is 0.571. The number of nitrogens with zero attached hydrogens (tertiary/aromatic N) is 1. The summed E-state index contributed by atoms with van der Waals surface area (Å²) in [5, 5.41) is 0. The standard InChI is InChI=1S/C14H22F2N2/c1-4-7-18(10(2)3)14-12(15)8-11(5-6-17)9-13(14)16/h8-10H,4-7,17H2,1-3H3. The van der Waals surface area contributed by atoms with Gasteiger partial charge in [-0.25, -0.2) is 8.78 Å². The van der Waals surface area contributed by atoms with Crippen LogP contribution in [0.1, 0.15) is 32.8 Å². The van der Waals surface area contributed by atoms with Gasteiger partial charge in [0.2, 0.25) is 0 Å². The lowest BCUT2D eigenvalue weighted by Gasteiger charge is -2.29. The van der Waals surface area contributed by atoms with Gasteiger partial charge in [-0.05, 0) is 50.9 Å². The SMILES string of the molecule is CCCN(c1c(F)cc(CCN)cc1F)C(C)C. The van der Waals surface area contributed by atoms with E-state index in [0.29, 0.717) is 25.1 Å². The normalized spacial score (nSPS) is 11.1. The highest BCUT2D eigenvalue weighted by Gasteiger charge is 2.19. The number of benzene rings is 1. The van der Waals surface area contributed by atoms with E-state index in [4.69, 9.17) is 5.73 Å². The van der Waals surface area contributed by atoms with Crippen molar-refractivity contribution in [2.45, 2.75) is 39.7 Å². The largest absolute Gasteiger partial charge is 0.364 e. The van der Waals surface area contributed by atoms with Crippen molar-refractivity contribution in [2.24, 2.45) is 5.73 Å². The molecule has 0 radical (unpaired) electrons. The van der Waals surface area contributed by atoms with Crippen molar-refractivity contribution in [2.75, 3.05) is 18.0 Å². The van der Waals surface area contributed by atoms with E-state index in [-0.39, 0.29) is 11.7 Å². The molecule has 4 heteroatoms. The Labute approximate surface area is 108 Å². The van der Waals surface area contributed by atoms with Crippen LogP contribution in [-0.2, 0) is 6.42 Å². The summed E-state index contributed by atoms with van der Waals surface area (Å²) in [6, 6.07) is 2.83. The zero-order chi connectivity index (χ0) is 13.7. The van der Waals surface area contributed by atoms with E-state index in [2.05, 4.69) is 0 Å². The maximum absolute atomic E-state index is 14.0. The van der Waals surface area contributed by atoms with E-state index in [1.54, 1.807) is 4.90 Å². The quantitative estimate of drug-likeness (QED) is 0.847. The molecule has 1 aromatic carbocycles. The molecule has 18 heavy (non-hydrogen) atoms. The van der Waals surface area contributed by atoms with E-state index < -0.39 is 11.6 Å². The molecule has 0 aliphatic carbocycles. The second kappa shape index (κ2) is 6.69. The summed E-state index contributed by atoms with van der Waals surface area (Å²) >= 11 is 0. The Morgan fingerprint density at radius 1 is 1.22 bits per heavy atom. The summed E-state index contributed by atoms with van der Waals surface area (Å²) in [6.07, 6.45) is 1.34. The van der Waals surface area contributed by atoms with E-state index >= 15 is 0 Å². The minimum absolute atomic E-state index is 0.0642. The van der Waals surface area contributed by atoms with Crippen LogP contribution in [0.5, 0.6) is 0 Å². The Balaban J connectivity index is 3.14. The van der Waals surface area contributed by atoms with Crippen LogP contribution in [0, 0.1) is 11.6 Å². The van der Waals surface area contributed by atoms with Gasteiger partial charge in [-0.15, -0.1) is 0 Å². The predicted molar refractivity (Wildman–Crippen MR) is 71.9 cm³/mol. The van der Waals surface area contributed by atoms with Crippen molar-refractivity contribution in [3.63, 3.8) is 0 Å². The zero-order valence-corrected chi connectivity index (χ0v) is 11.3. The van der Waals surface area contributed by atoms with Crippen molar-refractivity contribution in [1.82, 2.24) is 0 Å². The lowest BCUT2D eigenvalue weighted by molar-refractivity contribution is 0.550. The number of hydrogen-bond acceptors (Lipinski definition) is 2. The Morgan fingerprint density at radius 2 is 1.78 bits per heavy atom. The summed E-state index contributed by atoms with van der Waals surface area (Å²) in [4.78, 5) is 1.76. The minimum Gasteiger partial charge on any atom is -0.364 e. The van der Waals surface area contributed by atoms with Gasteiger partial charge in [0.15, 0.2) is 0 Å². The lowest BCUT2D eigenvalue weighted by atomic mass is 10.1. The molecule has 0 bridgehead atoms. The average Bonchev–Trinajstić information content (AvgIpc) is 2.27. The van der Waals surface area contributed by atoms with Gasteiger partial charge in [0.05, 0.1) is 0 Å². The second-order valence-corrected chi connectivity index (χ2v) is 4.73. The first-order valence-corrected chi connectivity index (χ1v) is 6.45. The molecule has 0 aliphatic heterocycles. The highest BCUT2D eigenvalue weighted by atomic mass is 19.1. The molecule has 2 nitrogen and oxygen atoms in total. The van der Waals surface area contributed by atoms with Gasteiger partial charge < -0.3 is 10.6 Å². The first kappa shape index (κ1) is 14.9. The smallest absolute Gasteiger partial charge is 0.149 e. The molecular weight excluding hydrogens is 234 g/mol. The highest BCUT2D eigenvalue weighted by Crippen LogP contribution is 2.27. The van der Waals surface area contributed by atoms with Crippen LogP contribution in [0.25, 0.3) is 0 Å². The van der Waals surface area contributed by atoms with Gasteiger partial charge in [0, 0.05) is 12.6 Å². The average molecular weight is 256 g/mol. The second-order valence-electron chi connectivity index (χ2n) is 4.73. The first-order chi connectivity index (χ1) is 8.51. The molecule has 1 rings (SSSR count). The van der Waals surface area contributed by atoms with Gasteiger partial charge in [-0.3, -0.25) is 0 Å². The van der Waals surface area contributed by atoms with Gasteiger partial charge in [0.1, 0.15) is 17.3 Å². The number of nitrogens with two attached hydrogens (primary N) is 1. The lowest BCUT2D eigenvalue weighted by Crippen LogP contribution is -2.33. The fourth-order valence-corrected chi connectivity index (χ4v) is 2.07. The van der Waals surface area contributed by atoms with E-state index in [1.165, 1.54) is 12.1 Å². The van der Waals surface area contributed by atoms with Crippen molar-refractivity contribution >= 4 is 5.69 Å². The summed E-state index contributed by atoms with van der Waals surface area (Å²) in [7, 11) is 0. The number of rotatable bonds is 6. The molecule has 0 fully saturated rings. The number of halogens is 2. The van der Waals surface area contributed by atoms with Crippen LogP contribution >= 0.6 is 0 Å². The van der Waals surface area contributed by atoms with Crippen LogP contribution in [0.3, 0.4) is 0 Å². The molecule has 0 spiro atoms. The molecule has 102 valence electrons. The van der Waals surface area contributed by atoms with Crippen LogP contribution in [0.15, 0.2) is 12.1 Å². The molecule has 1 aromatic rings. The van der Waals surface area contributed by atoms with Crippen LogP contribution < -0.4 is 10.6 Å². The van der Waals surface area contributed by atoms with E-state index in [0.717, 1.165) is 6.42 Å². The van der Waals surface area contributed by atoms with Crippen LogP contribution in [-0.4, -0.2) is 19.1 Å². The summed E-state index contributed by atoms with van der Waals surface area (Å²) < 4.78 is 28.1. The molecule has 0 saturated heterocycles. The molecular formula is C14H22F2N2. The summed E-state index contributed by atoms with van der Waals surface area (Å²) in [5.74, 6) is -0.999. The van der Waals surface area contributed by atoms with Gasteiger partial charge in [-0.2, -0.15) is 0 Å². The number of hydrogen-bond donors (Lipinski definition) is 1. The molecule has 0 heterocycles. The van der Waals surface area contributed by atoms with Gasteiger partial charge >= 0.3 is 0 Å². The summed E-state index contributed by atoms with van der Waals surface area (Å²) in [6.45, 7) is 6.89. The van der Waals surface area contributed by atoms with Gasteiger partial charge in [0.25, 0.3) is 0 Å². The topological polar surface area (TPSA) is 29.3 Å². The highest BCUT2D eigenvalue weighted by molar-refractivity contribution is 5.51. The van der Waals surface area contributed by atoms with Crippen LogP contribution in [0.4, 0.5) is 14.5 Å². The molecule has 0 atom stereocenters. The predicted octanol–water partition coefficient (Wildman–Crippen LogP) is 3.09. The van der Waals surface area contributed by atoms with Crippen molar-refractivity contribution < 1.29 is 8.78 Å². The minimum atomic E-state index is -0.499. The van der Waals surface area contributed by atoms with Gasteiger partial charge in [-0.1, -0.05) is 6.92 Å². The Kier molecular flexibility index (Phi) is 5.54. The molecule has 0 saturated carbocycles. The van der Waals surface area contributed by atoms with Crippen molar-refractivity contribution in [1.29, 1.82) is 0 Å². The first-order valence-electron chi connectivity index (χ1n) is 6.45. The third-order valence-corrected chi connectivity index (χ3v) is 2.88. The fourth-order valence-electron chi connectivity index (χ4n) is 2.07. The molecule has 2 N–H and O–H groups in total. The monoisotopic (exact) mass is 256 g/mol. The maximum atomic E-state index is 14.0. The third-order valence-electron chi connectivity index (χ3n) is 2.88. The molecule has 0 aromatic heterocycles. The van der Waals surface area contributed by atoms with Crippen molar-refractivity contribution in [3.05, 3.63) is 29.3 Å². The Morgan fingerprint density at radius 3 is 2.17 bits per heavy atom. The zero-order valence-electron chi connectivity index (χ0n) is 11.3. The van der Waals surface area contributed by atoms with E-state index in [1.807, 2.05) is 20.8 Å². The molecule has 0 aliphatic rings. The van der Waals surface area contributed by atoms with Crippen molar-refractivity contribution in [3.8, 4) is 0 Å². The number of anilines is 1. The van der Waals surface area contributed by atoms with Crippen LogP contribution in [0.2, 0.25) is 0 Å². The Hall–Kier alpha value is -1.16.